The van der Waals surface area contributed by atoms with Crippen molar-refractivity contribution in [1.29, 1.82) is 0 Å². The van der Waals surface area contributed by atoms with Crippen molar-refractivity contribution in [3.8, 4) is 0 Å². The van der Waals surface area contributed by atoms with E-state index in [0.717, 1.165) is 23.8 Å². The predicted octanol–water partition coefficient (Wildman–Crippen LogP) is 3.05. The zero-order valence-corrected chi connectivity index (χ0v) is 16.4. The number of hydrogen-bond acceptors (Lipinski definition) is 5. The van der Waals surface area contributed by atoms with E-state index in [9.17, 15) is 9.59 Å². The molecule has 3 amide bonds. The van der Waals surface area contributed by atoms with Gasteiger partial charge in [-0.15, -0.1) is 10.2 Å². The highest BCUT2D eigenvalue weighted by atomic mass is 32.2. The van der Waals surface area contributed by atoms with Gasteiger partial charge in [0.2, 0.25) is 5.91 Å². The number of aromatic nitrogens is 3. The van der Waals surface area contributed by atoms with E-state index in [0.29, 0.717) is 18.5 Å². The SMILES string of the molecule is Cc1nnc(SC(C)C(=O)NC(=O)NCC(C)C)n1C1CCCCC1. The smallest absolute Gasteiger partial charge is 0.321 e. The van der Waals surface area contributed by atoms with Crippen molar-refractivity contribution in [3.63, 3.8) is 0 Å². The maximum Gasteiger partial charge on any atom is 0.321 e. The number of thioether (sulfide) groups is 1. The van der Waals surface area contributed by atoms with E-state index in [1.54, 1.807) is 6.92 Å². The van der Waals surface area contributed by atoms with Crippen LogP contribution in [0.3, 0.4) is 0 Å². The van der Waals surface area contributed by atoms with Crippen LogP contribution in [0.1, 0.15) is 64.7 Å². The molecule has 25 heavy (non-hydrogen) atoms. The molecule has 0 saturated heterocycles. The number of carbonyl (C=O) groups is 2. The lowest BCUT2D eigenvalue weighted by molar-refractivity contribution is -0.119. The Bertz CT molecular complexity index is 596. The van der Waals surface area contributed by atoms with E-state index < -0.39 is 11.3 Å². The average molecular weight is 368 g/mol. The summed E-state index contributed by atoms with van der Waals surface area (Å²) in [5, 5.41) is 13.9. The first-order valence-electron chi connectivity index (χ1n) is 9.05. The minimum absolute atomic E-state index is 0.317. The Morgan fingerprint density at radius 2 is 1.88 bits per heavy atom. The number of rotatable bonds is 6. The van der Waals surface area contributed by atoms with E-state index in [4.69, 9.17) is 0 Å². The van der Waals surface area contributed by atoms with Crippen LogP contribution in [-0.2, 0) is 4.79 Å². The molecule has 0 aliphatic heterocycles. The van der Waals surface area contributed by atoms with Gasteiger partial charge in [-0.05, 0) is 32.6 Å². The Kier molecular flexibility index (Phi) is 7.28. The summed E-state index contributed by atoms with van der Waals surface area (Å²) in [6.07, 6.45) is 5.98. The Morgan fingerprint density at radius 1 is 1.20 bits per heavy atom. The van der Waals surface area contributed by atoms with Gasteiger partial charge in [-0.25, -0.2) is 4.79 Å². The summed E-state index contributed by atoms with van der Waals surface area (Å²) < 4.78 is 2.16. The van der Waals surface area contributed by atoms with E-state index >= 15 is 0 Å². The number of imide groups is 1. The van der Waals surface area contributed by atoms with Gasteiger partial charge >= 0.3 is 6.03 Å². The molecule has 1 atom stereocenters. The van der Waals surface area contributed by atoms with E-state index in [-0.39, 0.29) is 5.91 Å². The summed E-state index contributed by atoms with van der Waals surface area (Å²) >= 11 is 1.36. The second-order valence-corrected chi connectivity index (χ2v) is 8.35. The van der Waals surface area contributed by atoms with Crippen molar-refractivity contribution in [2.75, 3.05) is 6.54 Å². The molecule has 0 bridgehead atoms. The molecule has 1 heterocycles. The third-order valence-corrected chi connectivity index (χ3v) is 5.39. The molecule has 0 spiro atoms. The van der Waals surface area contributed by atoms with Gasteiger partial charge in [-0.1, -0.05) is 44.9 Å². The van der Waals surface area contributed by atoms with E-state index in [1.807, 2.05) is 20.8 Å². The Balaban J connectivity index is 1.94. The highest BCUT2D eigenvalue weighted by Gasteiger charge is 2.25. The highest BCUT2D eigenvalue weighted by Crippen LogP contribution is 2.33. The second kappa shape index (κ2) is 9.22. The van der Waals surface area contributed by atoms with Crippen molar-refractivity contribution in [2.24, 2.45) is 5.92 Å². The summed E-state index contributed by atoms with van der Waals surface area (Å²) in [7, 11) is 0. The standard InChI is InChI=1S/C17H29N5O2S/c1-11(2)10-18-16(24)19-15(23)12(3)25-17-21-20-13(4)22(17)14-8-6-5-7-9-14/h11-12,14H,5-10H2,1-4H3,(H2,18,19,23,24). The van der Waals surface area contributed by atoms with Gasteiger partial charge in [-0.2, -0.15) is 0 Å². The van der Waals surface area contributed by atoms with Gasteiger partial charge in [0.25, 0.3) is 0 Å². The topological polar surface area (TPSA) is 88.9 Å². The highest BCUT2D eigenvalue weighted by molar-refractivity contribution is 8.00. The molecule has 140 valence electrons. The molecule has 7 nitrogen and oxygen atoms in total. The lowest BCUT2D eigenvalue weighted by Crippen LogP contribution is -2.43. The number of carbonyl (C=O) groups excluding carboxylic acids is 2. The summed E-state index contributed by atoms with van der Waals surface area (Å²) in [6.45, 7) is 8.28. The molecule has 1 aliphatic carbocycles. The largest absolute Gasteiger partial charge is 0.338 e. The number of hydrogen-bond donors (Lipinski definition) is 2. The van der Waals surface area contributed by atoms with Crippen molar-refractivity contribution >= 4 is 23.7 Å². The Hall–Kier alpha value is -1.57. The lowest BCUT2D eigenvalue weighted by Gasteiger charge is -2.25. The van der Waals surface area contributed by atoms with Gasteiger partial charge in [0, 0.05) is 12.6 Å². The summed E-state index contributed by atoms with van der Waals surface area (Å²) in [4.78, 5) is 24.0. The molecular weight excluding hydrogens is 338 g/mol. The normalized spacial score (nSPS) is 16.7. The minimum atomic E-state index is -0.448. The van der Waals surface area contributed by atoms with Gasteiger partial charge in [0.1, 0.15) is 5.82 Å². The molecule has 0 radical (unpaired) electrons. The van der Waals surface area contributed by atoms with Crippen LogP contribution in [0.25, 0.3) is 0 Å². The van der Waals surface area contributed by atoms with Gasteiger partial charge in [-0.3, -0.25) is 10.1 Å². The number of amides is 3. The molecule has 0 aromatic carbocycles. The van der Waals surface area contributed by atoms with Crippen LogP contribution in [0, 0.1) is 12.8 Å². The number of urea groups is 1. The van der Waals surface area contributed by atoms with Gasteiger partial charge in [0.15, 0.2) is 5.16 Å². The molecule has 1 fully saturated rings. The first-order valence-corrected chi connectivity index (χ1v) is 9.93. The molecule has 1 aliphatic rings. The van der Waals surface area contributed by atoms with Crippen LogP contribution >= 0.6 is 11.8 Å². The van der Waals surface area contributed by atoms with Crippen molar-refractivity contribution in [1.82, 2.24) is 25.4 Å². The lowest BCUT2D eigenvalue weighted by atomic mass is 9.95. The molecule has 8 heteroatoms. The number of nitrogens with one attached hydrogen (secondary N) is 2. The fourth-order valence-electron chi connectivity index (χ4n) is 2.96. The third kappa shape index (κ3) is 5.73. The van der Waals surface area contributed by atoms with Crippen LogP contribution in [0.4, 0.5) is 4.79 Å². The maximum atomic E-state index is 12.2. The third-order valence-electron chi connectivity index (χ3n) is 4.33. The Morgan fingerprint density at radius 3 is 2.52 bits per heavy atom. The monoisotopic (exact) mass is 367 g/mol. The van der Waals surface area contributed by atoms with Gasteiger partial charge in [0.05, 0.1) is 5.25 Å². The van der Waals surface area contributed by atoms with Crippen LogP contribution in [-0.4, -0.2) is 38.5 Å². The fraction of sp³-hybridized carbons (Fsp3) is 0.765. The van der Waals surface area contributed by atoms with Crippen LogP contribution in [0.2, 0.25) is 0 Å². The first kappa shape index (κ1) is 19.8. The zero-order chi connectivity index (χ0) is 18.4. The number of aryl methyl sites for hydroxylation is 1. The molecule has 1 aromatic heterocycles. The van der Waals surface area contributed by atoms with Crippen LogP contribution in [0.15, 0.2) is 5.16 Å². The predicted molar refractivity (Wildman–Crippen MR) is 98.6 cm³/mol. The van der Waals surface area contributed by atoms with Crippen LogP contribution < -0.4 is 10.6 Å². The minimum Gasteiger partial charge on any atom is -0.338 e. The van der Waals surface area contributed by atoms with E-state index in [1.165, 1.54) is 31.0 Å². The fourth-order valence-corrected chi connectivity index (χ4v) is 3.92. The first-order chi connectivity index (χ1) is 11.9. The Labute approximate surface area is 153 Å². The molecule has 2 N–H and O–H groups in total. The van der Waals surface area contributed by atoms with Crippen molar-refractivity contribution in [2.45, 2.75) is 76.2 Å². The van der Waals surface area contributed by atoms with Crippen molar-refractivity contribution in [3.05, 3.63) is 5.82 Å². The molecule has 1 aromatic rings. The molecular formula is C17H29N5O2S. The summed E-state index contributed by atoms with van der Waals surface area (Å²) in [5.74, 6) is 0.906. The van der Waals surface area contributed by atoms with Gasteiger partial charge < -0.3 is 9.88 Å². The van der Waals surface area contributed by atoms with Crippen molar-refractivity contribution < 1.29 is 9.59 Å². The summed E-state index contributed by atoms with van der Waals surface area (Å²) in [5.41, 5.74) is 0. The van der Waals surface area contributed by atoms with Crippen LogP contribution in [0.5, 0.6) is 0 Å². The maximum absolute atomic E-state index is 12.2. The van der Waals surface area contributed by atoms with E-state index in [2.05, 4.69) is 25.4 Å². The quantitative estimate of drug-likeness (QED) is 0.754. The zero-order valence-electron chi connectivity index (χ0n) is 15.5. The molecule has 2 rings (SSSR count). The number of nitrogens with zero attached hydrogens (tertiary/aromatic N) is 3. The average Bonchev–Trinajstić information content (AvgIpc) is 2.94. The summed E-state index contributed by atoms with van der Waals surface area (Å²) in [6, 6.07) is -0.0353. The molecule has 1 saturated carbocycles. The molecule has 1 unspecified atom stereocenters. The second-order valence-electron chi connectivity index (χ2n) is 7.04.